The molecule has 2 heteroatoms. The highest BCUT2D eigenvalue weighted by Crippen LogP contribution is 2.26. The number of rotatable bonds is 5. The molecule has 0 aliphatic carbocycles. The molecule has 0 saturated carbocycles. The van der Waals surface area contributed by atoms with Gasteiger partial charge in [0, 0.05) is 5.92 Å². The lowest BCUT2D eigenvalue weighted by molar-refractivity contribution is 0.300. The van der Waals surface area contributed by atoms with Gasteiger partial charge in [-0.3, -0.25) is 0 Å². The summed E-state index contributed by atoms with van der Waals surface area (Å²) in [5, 5.41) is 0. The SMILES string of the molecule is C=CC(C)c1cccc(OCCC)c1F. The van der Waals surface area contributed by atoms with Crippen molar-refractivity contribution >= 4 is 0 Å². The molecule has 0 heterocycles. The fourth-order valence-corrected chi connectivity index (χ4v) is 1.33. The van der Waals surface area contributed by atoms with E-state index in [1.54, 1.807) is 18.2 Å². The van der Waals surface area contributed by atoms with Gasteiger partial charge < -0.3 is 4.74 Å². The molecule has 0 amide bonds. The highest BCUT2D eigenvalue weighted by atomic mass is 19.1. The molecule has 1 aromatic carbocycles. The Bertz CT molecular complexity index is 333. The first-order chi connectivity index (χ1) is 7.20. The third-order valence-electron chi connectivity index (χ3n) is 2.30. The Labute approximate surface area is 90.6 Å². The summed E-state index contributed by atoms with van der Waals surface area (Å²) in [7, 11) is 0. The van der Waals surface area contributed by atoms with Crippen LogP contribution in [0.25, 0.3) is 0 Å². The zero-order valence-corrected chi connectivity index (χ0v) is 9.29. The molecule has 0 aliphatic heterocycles. The van der Waals surface area contributed by atoms with Crippen LogP contribution < -0.4 is 4.74 Å². The van der Waals surface area contributed by atoms with Crippen molar-refractivity contribution < 1.29 is 9.13 Å². The van der Waals surface area contributed by atoms with Crippen molar-refractivity contribution in [3.05, 3.63) is 42.2 Å². The van der Waals surface area contributed by atoms with Crippen molar-refractivity contribution in [2.75, 3.05) is 6.61 Å². The van der Waals surface area contributed by atoms with Crippen molar-refractivity contribution in [3.8, 4) is 5.75 Å². The number of hydrogen-bond donors (Lipinski definition) is 0. The van der Waals surface area contributed by atoms with E-state index in [1.165, 1.54) is 0 Å². The predicted molar refractivity (Wildman–Crippen MR) is 60.8 cm³/mol. The highest BCUT2D eigenvalue weighted by Gasteiger charge is 2.12. The van der Waals surface area contributed by atoms with Crippen LogP contribution in [0.3, 0.4) is 0 Å². The minimum atomic E-state index is -0.265. The monoisotopic (exact) mass is 208 g/mol. The standard InChI is InChI=1S/C13H17FO/c1-4-9-15-12-8-6-7-11(13(12)14)10(3)5-2/h5-8,10H,2,4,9H2,1,3H3. The molecule has 0 aromatic heterocycles. The van der Waals surface area contributed by atoms with Gasteiger partial charge in [0.15, 0.2) is 11.6 Å². The second-order valence-electron chi connectivity index (χ2n) is 3.53. The molecule has 0 N–H and O–H groups in total. The van der Waals surface area contributed by atoms with Crippen molar-refractivity contribution in [1.29, 1.82) is 0 Å². The number of ether oxygens (including phenoxy) is 1. The van der Waals surface area contributed by atoms with E-state index in [4.69, 9.17) is 4.74 Å². The molecular formula is C13H17FO. The molecule has 0 saturated heterocycles. The molecule has 1 rings (SSSR count). The minimum absolute atomic E-state index is 0.00942. The summed E-state index contributed by atoms with van der Waals surface area (Å²) in [6.45, 7) is 8.11. The summed E-state index contributed by atoms with van der Waals surface area (Å²) < 4.78 is 19.2. The van der Waals surface area contributed by atoms with Crippen LogP contribution in [-0.4, -0.2) is 6.61 Å². The van der Waals surface area contributed by atoms with E-state index in [0.29, 0.717) is 17.9 Å². The van der Waals surface area contributed by atoms with Gasteiger partial charge in [0.1, 0.15) is 0 Å². The van der Waals surface area contributed by atoms with E-state index in [0.717, 1.165) is 6.42 Å². The van der Waals surface area contributed by atoms with Crippen LogP contribution in [0.5, 0.6) is 5.75 Å². The third kappa shape index (κ3) is 2.82. The van der Waals surface area contributed by atoms with Crippen LogP contribution in [0, 0.1) is 5.82 Å². The summed E-state index contributed by atoms with van der Waals surface area (Å²) in [5.74, 6) is 0.0802. The Balaban J connectivity index is 2.94. The van der Waals surface area contributed by atoms with Gasteiger partial charge in [0.2, 0.25) is 0 Å². The smallest absolute Gasteiger partial charge is 0.168 e. The van der Waals surface area contributed by atoms with Crippen molar-refractivity contribution in [1.82, 2.24) is 0 Å². The van der Waals surface area contributed by atoms with Gasteiger partial charge in [-0.1, -0.05) is 32.1 Å². The second-order valence-corrected chi connectivity index (χ2v) is 3.53. The first-order valence-corrected chi connectivity index (χ1v) is 5.24. The maximum Gasteiger partial charge on any atom is 0.168 e. The van der Waals surface area contributed by atoms with E-state index in [9.17, 15) is 4.39 Å². The second kappa shape index (κ2) is 5.54. The normalized spacial score (nSPS) is 12.2. The van der Waals surface area contributed by atoms with Gasteiger partial charge in [-0.05, 0) is 18.1 Å². The van der Waals surface area contributed by atoms with Gasteiger partial charge in [-0.2, -0.15) is 0 Å². The average molecular weight is 208 g/mol. The van der Waals surface area contributed by atoms with E-state index in [2.05, 4.69) is 6.58 Å². The van der Waals surface area contributed by atoms with Crippen LogP contribution in [0.15, 0.2) is 30.9 Å². The van der Waals surface area contributed by atoms with Gasteiger partial charge in [0.05, 0.1) is 6.61 Å². The molecule has 1 aromatic rings. The maximum absolute atomic E-state index is 13.9. The van der Waals surface area contributed by atoms with Crippen molar-refractivity contribution in [2.45, 2.75) is 26.2 Å². The molecular weight excluding hydrogens is 191 g/mol. The van der Waals surface area contributed by atoms with E-state index < -0.39 is 0 Å². The van der Waals surface area contributed by atoms with Gasteiger partial charge in [-0.15, -0.1) is 6.58 Å². The van der Waals surface area contributed by atoms with Gasteiger partial charge in [-0.25, -0.2) is 4.39 Å². The quantitative estimate of drug-likeness (QED) is 0.667. The van der Waals surface area contributed by atoms with E-state index in [-0.39, 0.29) is 11.7 Å². The molecule has 1 unspecified atom stereocenters. The number of hydrogen-bond acceptors (Lipinski definition) is 1. The zero-order valence-electron chi connectivity index (χ0n) is 9.29. The van der Waals surface area contributed by atoms with Crippen LogP contribution in [-0.2, 0) is 0 Å². The summed E-state index contributed by atoms with van der Waals surface area (Å²) in [6.07, 6.45) is 2.60. The Hall–Kier alpha value is -1.31. The molecule has 1 nitrogen and oxygen atoms in total. The topological polar surface area (TPSA) is 9.23 Å². The summed E-state index contributed by atoms with van der Waals surface area (Å²) >= 11 is 0. The first-order valence-electron chi connectivity index (χ1n) is 5.24. The predicted octanol–water partition coefficient (Wildman–Crippen LogP) is 3.90. The zero-order chi connectivity index (χ0) is 11.3. The number of benzene rings is 1. The lowest BCUT2D eigenvalue weighted by Gasteiger charge is -2.12. The maximum atomic E-state index is 13.9. The summed E-state index contributed by atoms with van der Waals surface area (Å²) in [6, 6.07) is 5.23. The molecule has 1 atom stereocenters. The molecule has 82 valence electrons. The van der Waals surface area contributed by atoms with E-state index in [1.807, 2.05) is 19.9 Å². The lowest BCUT2D eigenvalue weighted by Crippen LogP contribution is -2.01. The van der Waals surface area contributed by atoms with Crippen LogP contribution in [0.4, 0.5) is 4.39 Å². The van der Waals surface area contributed by atoms with E-state index >= 15 is 0 Å². The molecule has 0 radical (unpaired) electrons. The molecule has 0 bridgehead atoms. The minimum Gasteiger partial charge on any atom is -0.491 e. The van der Waals surface area contributed by atoms with Gasteiger partial charge in [0.25, 0.3) is 0 Å². The Morgan fingerprint density at radius 2 is 2.27 bits per heavy atom. The third-order valence-corrected chi connectivity index (χ3v) is 2.30. The number of allylic oxidation sites excluding steroid dienone is 1. The Kier molecular flexibility index (Phi) is 4.35. The average Bonchev–Trinajstić information content (AvgIpc) is 2.27. The summed E-state index contributed by atoms with van der Waals surface area (Å²) in [4.78, 5) is 0. The van der Waals surface area contributed by atoms with Crippen molar-refractivity contribution in [3.63, 3.8) is 0 Å². The van der Waals surface area contributed by atoms with Crippen LogP contribution in [0.1, 0.15) is 31.7 Å². The molecule has 0 aliphatic rings. The highest BCUT2D eigenvalue weighted by molar-refractivity contribution is 5.34. The Morgan fingerprint density at radius 3 is 2.87 bits per heavy atom. The number of halogens is 1. The van der Waals surface area contributed by atoms with Crippen molar-refractivity contribution in [2.24, 2.45) is 0 Å². The first kappa shape index (κ1) is 11.8. The fraction of sp³-hybridized carbons (Fsp3) is 0.385. The fourth-order valence-electron chi connectivity index (χ4n) is 1.33. The molecule has 15 heavy (non-hydrogen) atoms. The summed E-state index contributed by atoms with van der Waals surface area (Å²) in [5.41, 5.74) is 0.638. The van der Waals surface area contributed by atoms with Gasteiger partial charge >= 0.3 is 0 Å². The van der Waals surface area contributed by atoms with Crippen LogP contribution >= 0.6 is 0 Å². The lowest BCUT2D eigenvalue weighted by atomic mass is 10.0. The van der Waals surface area contributed by atoms with Crippen LogP contribution in [0.2, 0.25) is 0 Å². The molecule has 0 spiro atoms. The largest absolute Gasteiger partial charge is 0.491 e. The molecule has 0 fully saturated rings. The Morgan fingerprint density at radius 1 is 1.53 bits per heavy atom.